The second-order valence-electron chi connectivity index (χ2n) is 3.24. The molecule has 17 heavy (non-hydrogen) atoms. The van der Waals surface area contributed by atoms with Crippen molar-refractivity contribution in [1.29, 1.82) is 0 Å². The molecule has 0 atom stereocenters. The number of alkyl halides is 6. The summed E-state index contributed by atoms with van der Waals surface area (Å²) in [7, 11) is 0. The van der Waals surface area contributed by atoms with Gasteiger partial charge in [0.25, 0.3) is 0 Å². The Kier molecular flexibility index (Phi) is 5.99. The van der Waals surface area contributed by atoms with Crippen molar-refractivity contribution >= 4 is 81.5 Å². The van der Waals surface area contributed by atoms with Gasteiger partial charge in [0.2, 0.25) is 0 Å². The first kappa shape index (κ1) is 17.7. The standard InChI is InChI=1S/C7H6Cl6O4/c8-6(9,10)1-5(3(14)15,4(16)17)2-7(11,12)13/h1-2H2,(H,14,15)(H,16,17)/p-2. The molecule has 0 aromatic carbocycles. The highest BCUT2D eigenvalue weighted by Crippen LogP contribution is 2.46. The van der Waals surface area contributed by atoms with E-state index in [0.717, 1.165) is 0 Å². The Labute approximate surface area is 127 Å². The summed E-state index contributed by atoms with van der Waals surface area (Å²) in [6, 6.07) is 0. The van der Waals surface area contributed by atoms with Crippen LogP contribution in [0.1, 0.15) is 12.8 Å². The van der Waals surface area contributed by atoms with E-state index >= 15 is 0 Å². The molecule has 0 N–H and O–H groups in total. The van der Waals surface area contributed by atoms with Crippen LogP contribution in [0.4, 0.5) is 0 Å². The first-order valence-corrected chi connectivity index (χ1v) is 6.13. The summed E-state index contributed by atoms with van der Waals surface area (Å²) in [5.74, 6) is -4.12. The van der Waals surface area contributed by atoms with E-state index in [1.54, 1.807) is 0 Å². The van der Waals surface area contributed by atoms with Gasteiger partial charge in [-0.15, -0.1) is 0 Å². The van der Waals surface area contributed by atoms with Crippen LogP contribution < -0.4 is 10.2 Å². The average Bonchev–Trinajstić information content (AvgIpc) is 1.96. The molecule has 100 valence electrons. The van der Waals surface area contributed by atoms with Crippen LogP contribution in [0.5, 0.6) is 0 Å². The maximum absolute atomic E-state index is 10.9. The zero-order valence-electron chi connectivity index (χ0n) is 7.81. The maximum Gasteiger partial charge on any atom is 0.191 e. The molecule has 0 aromatic rings. The summed E-state index contributed by atoms with van der Waals surface area (Å²) in [6.07, 6.45) is -1.91. The quantitative estimate of drug-likeness (QED) is 0.550. The van der Waals surface area contributed by atoms with Crippen LogP contribution in [-0.4, -0.2) is 19.5 Å². The van der Waals surface area contributed by atoms with Gasteiger partial charge in [0, 0.05) is 12.8 Å². The summed E-state index contributed by atoms with van der Waals surface area (Å²) in [5, 5.41) is 21.9. The molecule has 0 saturated heterocycles. The van der Waals surface area contributed by atoms with E-state index < -0.39 is 37.8 Å². The van der Waals surface area contributed by atoms with Crippen molar-refractivity contribution in [1.82, 2.24) is 0 Å². The smallest absolute Gasteiger partial charge is 0.191 e. The van der Waals surface area contributed by atoms with Crippen molar-refractivity contribution in [3.8, 4) is 0 Å². The molecule has 0 spiro atoms. The zero-order chi connectivity index (χ0) is 14.1. The lowest BCUT2D eigenvalue weighted by molar-refractivity contribution is -0.344. The van der Waals surface area contributed by atoms with Gasteiger partial charge in [0.05, 0.1) is 17.4 Å². The summed E-state index contributed by atoms with van der Waals surface area (Å²) >= 11 is 32.1. The summed E-state index contributed by atoms with van der Waals surface area (Å²) in [6.45, 7) is 0. The SMILES string of the molecule is O=C([O-])C(CC(Cl)(Cl)Cl)(CC(Cl)(Cl)Cl)C(=O)[O-]. The Morgan fingerprint density at radius 1 is 0.765 bits per heavy atom. The minimum atomic E-state index is -2.71. The summed E-state index contributed by atoms with van der Waals surface area (Å²) in [5.41, 5.74) is -2.71. The predicted molar refractivity (Wildman–Crippen MR) is 62.3 cm³/mol. The largest absolute Gasteiger partial charge is 0.549 e. The molecule has 0 aliphatic rings. The Morgan fingerprint density at radius 3 is 1.12 bits per heavy atom. The second kappa shape index (κ2) is 5.76. The first-order valence-electron chi connectivity index (χ1n) is 3.86. The van der Waals surface area contributed by atoms with Crippen LogP contribution in [0.3, 0.4) is 0 Å². The van der Waals surface area contributed by atoms with Crippen molar-refractivity contribution in [2.24, 2.45) is 5.41 Å². The van der Waals surface area contributed by atoms with Gasteiger partial charge in [0.1, 0.15) is 0 Å². The first-order chi connectivity index (χ1) is 7.30. The van der Waals surface area contributed by atoms with Gasteiger partial charge in [0.15, 0.2) is 7.59 Å². The minimum Gasteiger partial charge on any atom is -0.549 e. The predicted octanol–water partition coefficient (Wildman–Crippen LogP) is 0.993. The third-order valence-electron chi connectivity index (χ3n) is 1.79. The summed E-state index contributed by atoms with van der Waals surface area (Å²) in [4.78, 5) is 21.9. The molecular formula is C7H4Cl6O4-2. The molecule has 0 aliphatic carbocycles. The van der Waals surface area contributed by atoms with Crippen molar-refractivity contribution < 1.29 is 19.8 Å². The number of hydrogen-bond donors (Lipinski definition) is 0. The molecule has 0 unspecified atom stereocenters. The van der Waals surface area contributed by atoms with Crippen LogP contribution in [0.2, 0.25) is 0 Å². The number of hydrogen-bond acceptors (Lipinski definition) is 4. The number of carbonyl (C=O) groups is 2. The van der Waals surface area contributed by atoms with E-state index in [1.165, 1.54) is 0 Å². The number of rotatable bonds is 4. The maximum atomic E-state index is 10.9. The lowest BCUT2D eigenvalue weighted by Gasteiger charge is -2.39. The molecule has 0 bridgehead atoms. The van der Waals surface area contributed by atoms with Crippen LogP contribution in [0.25, 0.3) is 0 Å². The van der Waals surface area contributed by atoms with E-state index in [0.29, 0.717) is 0 Å². The molecule has 4 nitrogen and oxygen atoms in total. The monoisotopic (exact) mass is 362 g/mol. The number of carbonyl (C=O) groups excluding carboxylic acids is 2. The van der Waals surface area contributed by atoms with Gasteiger partial charge in [-0.05, 0) is 0 Å². The van der Waals surface area contributed by atoms with Gasteiger partial charge in [-0.3, -0.25) is 0 Å². The Bertz CT molecular complexity index is 285. The van der Waals surface area contributed by atoms with E-state index in [1.807, 2.05) is 0 Å². The molecule has 0 rings (SSSR count). The number of carboxylic acid groups (broad SMARTS) is 2. The fourth-order valence-electron chi connectivity index (χ4n) is 1.12. The van der Waals surface area contributed by atoms with Crippen molar-refractivity contribution in [2.45, 2.75) is 20.4 Å². The molecule has 0 heterocycles. The van der Waals surface area contributed by atoms with Crippen LogP contribution in [0.15, 0.2) is 0 Å². The third kappa shape index (κ3) is 5.90. The number of carboxylic acids is 2. The van der Waals surface area contributed by atoms with Gasteiger partial charge >= 0.3 is 0 Å². The molecule has 0 fully saturated rings. The van der Waals surface area contributed by atoms with Gasteiger partial charge in [-0.25, -0.2) is 0 Å². The lowest BCUT2D eigenvalue weighted by atomic mass is 9.82. The minimum absolute atomic E-state index is 0.955. The molecule has 0 aromatic heterocycles. The zero-order valence-corrected chi connectivity index (χ0v) is 12.4. The Morgan fingerprint density at radius 2 is 1.00 bits per heavy atom. The van der Waals surface area contributed by atoms with Crippen molar-refractivity contribution in [2.75, 3.05) is 0 Å². The normalized spacial score (nSPS) is 13.5. The summed E-state index contributed by atoms with van der Waals surface area (Å²) < 4.78 is -4.37. The van der Waals surface area contributed by atoms with Crippen LogP contribution in [0, 0.1) is 5.41 Å². The molecule has 10 heteroatoms. The van der Waals surface area contributed by atoms with E-state index in [9.17, 15) is 19.8 Å². The third-order valence-corrected chi connectivity index (χ3v) is 2.59. The fraction of sp³-hybridized carbons (Fsp3) is 0.714. The Hall–Kier alpha value is 0.680. The van der Waals surface area contributed by atoms with Crippen molar-refractivity contribution in [3.63, 3.8) is 0 Å². The van der Waals surface area contributed by atoms with Gasteiger partial charge < -0.3 is 19.8 Å². The van der Waals surface area contributed by atoms with Crippen molar-refractivity contribution in [3.05, 3.63) is 0 Å². The van der Waals surface area contributed by atoms with Gasteiger partial charge in [-0.2, -0.15) is 0 Å². The van der Waals surface area contributed by atoms with E-state index in [4.69, 9.17) is 69.6 Å². The molecule has 0 radical (unpaired) electrons. The molecular weight excluding hydrogens is 361 g/mol. The number of halogens is 6. The van der Waals surface area contributed by atoms with Crippen LogP contribution in [-0.2, 0) is 9.59 Å². The fourth-order valence-corrected chi connectivity index (χ4v) is 2.49. The molecule has 0 aliphatic heterocycles. The second-order valence-corrected chi connectivity index (χ2v) is 8.27. The lowest BCUT2D eigenvalue weighted by Crippen LogP contribution is -2.56. The molecule has 0 amide bonds. The van der Waals surface area contributed by atoms with E-state index in [-0.39, 0.29) is 0 Å². The highest BCUT2D eigenvalue weighted by Gasteiger charge is 2.46. The topological polar surface area (TPSA) is 80.3 Å². The Balaban J connectivity index is 5.46. The molecule has 0 saturated carbocycles. The van der Waals surface area contributed by atoms with E-state index in [2.05, 4.69) is 0 Å². The van der Waals surface area contributed by atoms with Gasteiger partial charge in [-0.1, -0.05) is 69.6 Å². The highest BCUT2D eigenvalue weighted by atomic mass is 35.6. The average molecular weight is 365 g/mol. The number of aliphatic carboxylic acids is 2. The highest BCUT2D eigenvalue weighted by molar-refractivity contribution is 6.68. The van der Waals surface area contributed by atoms with Crippen LogP contribution >= 0.6 is 69.6 Å².